The molecular weight excluding hydrogens is 404 g/mol. The predicted molar refractivity (Wildman–Crippen MR) is 123 cm³/mol. The summed E-state index contributed by atoms with van der Waals surface area (Å²) in [4.78, 5) is 26.4. The molecule has 0 saturated heterocycles. The lowest BCUT2D eigenvalue weighted by molar-refractivity contribution is 0.335. The maximum Gasteiger partial charge on any atom is 0.343 e. The first-order valence-electron chi connectivity index (χ1n) is 10.3. The summed E-state index contributed by atoms with van der Waals surface area (Å²) < 4.78 is 17.9. The molecule has 5 heteroatoms. The van der Waals surface area contributed by atoms with Gasteiger partial charge in [0.15, 0.2) is 5.75 Å². The number of fused-ring (bicyclic) bond motifs is 9. The monoisotopic (exact) mass is 418 g/mol. The van der Waals surface area contributed by atoms with Gasteiger partial charge in [-0.3, -0.25) is 4.79 Å². The second-order valence-electron chi connectivity index (χ2n) is 8.00. The lowest BCUT2D eigenvalue weighted by Gasteiger charge is -2.19. The molecule has 0 aliphatic carbocycles. The average Bonchev–Trinajstić information content (AvgIpc) is 2.83. The topological polar surface area (TPSA) is 69.7 Å². The Kier molecular flexibility index (Phi) is 3.29. The Morgan fingerprint density at radius 3 is 2.22 bits per heavy atom. The fourth-order valence-electron chi connectivity index (χ4n) is 4.69. The molecule has 3 heterocycles. The minimum Gasteiger partial charge on any atom is -0.425 e. The number of ether oxygens (including phenoxy) is 1. The van der Waals surface area contributed by atoms with Crippen LogP contribution in [0, 0.1) is 0 Å². The molecule has 1 aliphatic heterocycles. The van der Waals surface area contributed by atoms with Crippen molar-refractivity contribution in [2.24, 2.45) is 0 Å². The smallest absolute Gasteiger partial charge is 0.343 e. The van der Waals surface area contributed by atoms with Crippen LogP contribution in [-0.4, -0.2) is 0 Å². The van der Waals surface area contributed by atoms with E-state index in [2.05, 4.69) is 0 Å². The predicted octanol–water partition coefficient (Wildman–Crippen LogP) is 5.90. The van der Waals surface area contributed by atoms with Gasteiger partial charge in [0.2, 0.25) is 5.43 Å². The zero-order valence-electron chi connectivity index (χ0n) is 16.7. The lowest BCUT2D eigenvalue weighted by atomic mass is 9.98. The molecule has 2 aromatic heterocycles. The molecule has 0 spiro atoms. The Labute approximate surface area is 180 Å². The Hall–Kier alpha value is -4.38. The van der Waals surface area contributed by atoms with E-state index in [1.807, 2.05) is 66.7 Å². The van der Waals surface area contributed by atoms with Crippen LogP contribution in [0.3, 0.4) is 0 Å². The van der Waals surface area contributed by atoms with E-state index >= 15 is 0 Å². The molecule has 152 valence electrons. The highest BCUT2D eigenvalue weighted by molar-refractivity contribution is 6.07. The fraction of sp³-hybridized carbons (Fsp3) is 0.0370. The van der Waals surface area contributed by atoms with Crippen molar-refractivity contribution in [3.63, 3.8) is 0 Å². The van der Waals surface area contributed by atoms with Crippen molar-refractivity contribution in [2.45, 2.75) is 6.42 Å². The summed E-state index contributed by atoms with van der Waals surface area (Å²) in [5, 5.41) is 4.70. The van der Waals surface area contributed by atoms with Crippen LogP contribution in [0.5, 0.6) is 11.7 Å². The number of hydrogen-bond donors (Lipinski definition) is 0. The van der Waals surface area contributed by atoms with Gasteiger partial charge in [-0.25, -0.2) is 4.79 Å². The van der Waals surface area contributed by atoms with E-state index in [1.165, 1.54) is 0 Å². The van der Waals surface area contributed by atoms with E-state index in [1.54, 1.807) is 6.07 Å². The fourth-order valence-corrected chi connectivity index (χ4v) is 4.69. The summed E-state index contributed by atoms with van der Waals surface area (Å²) in [6.07, 6.45) is 0.0945. The van der Waals surface area contributed by atoms with Crippen molar-refractivity contribution in [3.8, 4) is 11.7 Å². The van der Waals surface area contributed by atoms with E-state index in [4.69, 9.17) is 13.6 Å². The number of hydrogen-bond acceptors (Lipinski definition) is 5. The van der Waals surface area contributed by atoms with Gasteiger partial charge in [0.25, 0.3) is 5.95 Å². The molecule has 4 aromatic carbocycles. The van der Waals surface area contributed by atoms with Crippen molar-refractivity contribution >= 4 is 43.5 Å². The van der Waals surface area contributed by atoms with Crippen LogP contribution in [-0.2, 0) is 6.42 Å². The maximum absolute atomic E-state index is 13.5. The second-order valence-corrected chi connectivity index (χ2v) is 8.00. The van der Waals surface area contributed by atoms with Crippen LogP contribution in [0.15, 0.2) is 91.2 Å². The van der Waals surface area contributed by atoms with Crippen LogP contribution < -0.4 is 15.8 Å². The molecule has 32 heavy (non-hydrogen) atoms. The molecule has 0 atom stereocenters. The van der Waals surface area contributed by atoms with Gasteiger partial charge in [-0.05, 0) is 28.3 Å². The highest BCUT2D eigenvalue weighted by Gasteiger charge is 2.29. The van der Waals surface area contributed by atoms with Crippen LogP contribution in [0.25, 0.3) is 43.5 Å². The third-order valence-corrected chi connectivity index (χ3v) is 6.23. The molecule has 1 aliphatic rings. The quantitative estimate of drug-likeness (QED) is 0.226. The van der Waals surface area contributed by atoms with E-state index in [-0.39, 0.29) is 17.8 Å². The third kappa shape index (κ3) is 2.22. The normalized spacial score (nSPS) is 12.8. The SMILES string of the molecule is O=c1oc2c(ccc3ccccc32)c2c1Cc1c(oc3ccc4ccccc4c3c1=O)O2. The Morgan fingerprint density at radius 2 is 1.38 bits per heavy atom. The molecule has 0 fully saturated rings. The zero-order valence-corrected chi connectivity index (χ0v) is 16.7. The third-order valence-electron chi connectivity index (χ3n) is 6.23. The van der Waals surface area contributed by atoms with Gasteiger partial charge < -0.3 is 13.6 Å². The summed E-state index contributed by atoms with van der Waals surface area (Å²) >= 11 is 0. The number of benzene rings is 4. The van der Waals surface area contributed by atoms with Crippen molar-refractivity contribution in [1.29, 1.82) is 0 Å². The molecule has 0 radical (unpaired) electrons. The van der Waals surface area contributed by atoms with Crippen LogP contribution in [0.1, 0.15) is 11.1 Å². The minimum absolute atomic E-state index is 0.0945. The van der Waals surface area contributed by atoms with E-state index in [9.17, 15) is 9.59 Å². The molecule has 0 N–H and O–H groups in total. The van der Waals surface area contributed by atoms with Gasteiger partial charge in [0, 0.05) is 11.8 Å². The van der Waals surface area contributed by atoms with Gasteiger partial charge in [-0.2, -0.15) is 0 Å². The molecule has 6 aromatic rings. The van der Waals surface area contributed by atoms with Gasteiger partial charge in [-0.1, -0.05) is 60.7 Å². The Morgan fingerprint density at radius 1 is 0.656 bits per heavy atom. The maximum atomic E-state index is 13.5. The molecular formula is C27H14O5. The Balaban J connectivity index is 1.54. The van der Waals surface area contributed by atoms with Gasteiger partial charge in [-0.15, -0.1) is 0 Å². The van der Waals surface area contributed by atoms with Gasteiger partial charge in [0.1, 0.15) is 11.2 Å². The summed E-state index contributed by atoms with van der Waals surface area (Å²) in [6.45, 7) is 0. The summed E-state index contributed by atoms with van der Waals surface area (Å²) in [6, 6.07) is 22.9. The van der Waals surface area contributed by atoms with Gasteiger partial charge in [0.05, 0.1) is 21.9 Å². The second kappa shape index (κ2) is 6.08. The highest BCUT2D eigenvalue weighted by atomic mass is 16.6. The highest BCUT2D eigenvalue weighted by Crippen LogP contribution is 2.41. The minimum atomic E-state index is -0.507. The number of rotatable bonds is 0. The van der Waals surface area contributed by atoms with Crippen LogP contribution >= 0.6 is 0 Å². The summed E-state index contributed by atoms with van der Waals surface area (Å²) in [5.74, 6) is 0.517. The summed E-state index contributed by atoms with van der Waals surface area (Å²) in [7, 11) is 0. The van der Waals surface area contributed by atoms with E-state index in [0.29, 0.717) is 38.8 Å². The molecule has 7 rings (SSSR count). The molecule has 0 bridgehead atoms. The van der Waals surface area contributed by atoms with Crippen molar-refractivity contribution in [1.82, 2.24) is 0 Å². The van der Waals surface area contributed by atoms with Crippen molar-refractivity contribution in [3.05, 3.63) is 105 Å². The van der Waals surface area contributed by atoms with Crippen LogP contribution in [0.4, 0.5) is 0 Å². The molecule has 0 unspecified atom stereocenters. The molecule has 5 nitrogen and oxygen atoms in total. The van der Waals surface area contributed by atoms with Crippen LogP contribution in [0.2, 0.25) is 0 Å². The molecule has 0 saturated carbocycles. The zero-order chi connectivity index (χ0) is 21.4. The molecule has 0 amide bonds. The summed E-state index contributed by atoms with van der Waals surface area (Å²) in [5.41, 5.74) is 0.868. The van der Waals surface area contributed by atoms with Gasteiger partial charge >= 0.3 is 5.63 Å². The van der Waals surface area contributed by atoms with E-state index < -0.39 is 5.63 Å². The first-order chi connectivity index (χ1) is 15.7. The first-order valence-corrected chi connectivity index (χ1v) is 10.3. The van der Waals surface area contributed by atoms with Crippen molar-refractivity contribution < 1.29 is 13.6 Å². The standard InChI is InChI=1S/C27H14O5/c28-23-19-13-20-25(18-11-9-15-6-2-4-8-17(15)24(18)31-26(20)29)32-27(19)30-21-12-10-14-5-1-3-7-16(14)22(21)23/h1-12H,13H2. The Bertz CT molecular complexity index is 1870. The average molecular weight is 418 g/mol. The lowest BCUT2D eigenvalue weighted by Crippen LogP contribution is -2.20. The van der Waals surface area contributed by atoms with E-state index in [0.717, 1.165) is 21.5 Å². The van der Waals surface area contributed by atoms with Crippen molar-refractivity contribution in [2.75, 3.05) is 0 Å². The first kappa shape index (κ1) is 17.3. The largest absolute Gasteiger partial charge is 0.425 e.